The summed E-state index contributed by atoms with van der Waals surface area (Å²) in [7, 11) is 1.80. The van der Waals surface area contributed by atoms with Gasteiger partial charge in [-0.2, -0.15) is 0 Å². The molecular weight excluding hydrogens is 501 g/mol. The molecule has 1 aliphatic heterocycles. The Morgan fingerprint density at radius 1 is 1.31 bits per heavy atom. The van der Waals surface area contributed by atoms with Crippen LogP contribution in [-0.2, 0) is 24.0 Å². The molecule has 3 rings (SSSR count). The third-order valence-corrected chi connectivity index (χ3v) is 6.55. The maximum atomic E-state index is 11.8. The molecule has 0 saturated carbocycles. The number of aryl methyl sites for hydroxylation is 3. The summed E-state index contributed by atoms with van der Waals surface area (Å²) in [5.74, 6) is 0.841. The molecule has 9 heteroatoms. The number of likely N-dealkylation sites (tertiary alicyclic amines) is 1. The van der Waals surface area contributed by atoms with Crippen LogP contribution in [0.25, 0.3) is 0 Å². The van der Waals surface area contributed by atoms with E-state index in [0.717, 1.165) is 57.7 Å². The normalized spacial score (nSPS) is 17.3. The molecular formula is C20H34IN5O2S. The molecule has 1 fully saturated rings. The minimum absolute atomic E-state index is 0. The molecule has 1 amide bonds. The van der Waals surface area contributed by atoms with Crippen LogP contribution in [0.3, 0.4) is 0 Å². The summed E-state index contributed by atoms with van der Waals surface area (Å²) in [4.78, 5) is 24.2. The van der Waals surface area contributed by atoms with Gasteiger partial charge in [0.05, 0.1) is 17.3 Å². The highest BCUT2D eigenvalue weighted by Gasteiger charge is 2.24. The van der Waals surface area contributed by atoms with Gasteiger partial charge in [-0.1, -0.05) is 0 Å². The molecule has 29 heavy (non-hydrogen) atoms. The van der Waals surface area contributed by atoms with Crippen molar-refractivity contribution in [2.45, 2.75) is 64.3 Å². The van der Waals surface area contributed by atoms with Crippen molar-refractivity contribution in [3.05, 3.63) is 15.6 Å². The van der Waals surface area contributed by atoms with E-state index in [-0.39, 0.29) is 30.1 Å². The lowest BCUT2D eigenvalue weighted by Crippen LogP contribution is -2.50. The molecule has 0 atom stereocenters. The maximum absolute atomic E-state index is 11.8. The molecule has 164 valence electrons. The van der Waals surface area contributed by atoms with E-state index in [9.17, 15) is 4.79 Å². The Hall–Kier alpha value is -1.10. The number of thiazole rings is 1. The van der Waals surface area contributed by atoms with Gasteiger partial charge in [-0.3, -0.25) is 4.99 Å². The molecule has 2 aliphatic rings. The molecule has 7 nitrogen and oxygen atoms in total. The smallest absolute Gasteiger partial charge is 0.409 e. The number of nitrogens with one attached hydrogen (secondary N) is 2. The number of nitrogens with zero attached hydrogens (tertiary/aromatic N) is 3. The van der Waals surface area contributed by atoms with Crippen LogP contribution in [0, 0.1) is 0 Å². The number of carbonyl (C=O) groups excluding carboxylic acids is 1. The topological polar surface area (TPSA) is 78.8 Å². The lowest BCUT2D eigenvalue weighted by atomic mass is 10.0. The average molecular weight is 535 g/mol. The molecule has 1 saturated heterocycles. The van der Waals surface area contributed by atoms with Crippen molar-refractivity contribution in [2.24, 2.45) is 4.99 Å². The van der Waals surface area contributed by atoms with Gasteiger partial charge in [0, 0.05) is 44.0 Å². The van der Waals surface area contributed by atoms with Crippen LogP contribution < -0.4 is 10.6 Å². The van der Waals surface area contributed by atoms with Crippen molar-refractivity contribution in [2.75, 3.05) is 33.3 Å². The molecule has 1 aromatic rings. The lowest BCUT2D eigenvalue weighted by molar-refractivity contribution is 0.0963. The first kappa shape index (κ1) is 24.2. The first-order chi connectivity index (χ1) is 13.7. The van der Waals surface area contributed by atoms with E-state index in [1.807, 2.05) is 18.3 Å². The molecule has 0 spiro atoms. The molecule has 0 aromatic carbocycles. The van der Waals surface area contributed by atoms with Crippen molar-refractivity contribution in [1.82, 2.24) is 20.5 Å². The number of hydrogen-bond acceptors (Lipinski definition) is 5. The van der Waals surface area contributed by atoms with Crippen molar-refractivity contribution in [1.29, 1.82) is 0 Å². The summed E-state index contributed by atoms with van der Waals surface area (Å²) in [6.07, 6.45) is 8.68. The Morgan fingerprint density at radius 2 is 2.07 bits per heavy atom. The van der Waals surface area contributed by atoms with Gasteiger partial charge in [0.25, 0.3) is 0 Å². The fourth-order valence-electron chi connectivity index (χ4n) is 3.77. The van der Waals surface area contributed by atoms with E-state index in [4.69, 9.17) is 9.72 Å². The van der Waals surface area contributed by atoms with Crippen LogP contribution >= 0.6 is 35.3 Å². The van der Waals surface area contributed by atoms with Gasteiger partial charge in [-0.15, -0.1) is 35.3 Å². The number of guanidine groups is 1. The molecule has 0 bridgehead atoms. The Balaban J connectivity index is 0.00000300. The van der Waals surface area contributed by atoms with Crippen molar-refractivity contribution in [3.63, 3.8) is 0 Å². The van der Waals surface area contributed by atoms with E-state index < -0.39 is 0 Å². The highest BCUT2D eigenvalue weighted by atomic mass is 127. The minimum Gasteiger partial charge on any atom is -0.450 e. The quantitative estimate of drug-likeness (QED) is 0.253. The number of aromatic nitrogens is 1. The third-order valence-electron chi connectivity index (χ3n) is 5.34. The van der Waals surface area contributed by atoms with Gasteiger partial charge in [0.1, 0.15) is 0 Å². The number of ether oxygens (including phenoxy) is 1. The number of carbonyl (C=O) groups is 1. The molecule has 2 N–H and O–H groups in total. The number of hydrogen-bond donors (Lipinski definition) is 2. The summed E-state index contributed by atoms with van der Waals surface area (Å²) < 4.78 is 5.07. The fourth-order valence-corrected chi connectivity index (χ4v) is 4.97. The van der Waals surface area contributed by atoms with Crippen LogP contribution in [0.1, 0.15) is 54.6 Å². The second-order valence-corrected chi connectivity index (χ2v) is 8.56. The van der Waals surface area contributed by atoms with Crippen molar-refractivity contribution >= 4 is 47.4 Å². The van der Waals surface area contributed by atoms with Gasteiger partial charge in [0.15, 0.2) is 5.96 Å². The third kappa shape index (κ3) is 7.27. The van der Waals surface area contributed by atoms with Crippen molar-refractivity contribution in [3.8, 4) is 0 Å². The zero-order valence-corrected chi connectivity index (χ0v) is 20.7. The standard InChI is InChI=1S/C20H33N5O2S.HI/c1-3-27-20(26)25-13-10-15(11-14-25)23-19(21-2)22-12-6-9-18-24-16-7-4-5-8-17(16)28-18;/h15H,3-14H2,1-2H3,(H2,21,22,23);1H. The lowest BCUT2D eigenvalue weighted by Gasteiger charge is -2.32. The fraction of sp³-hybridized carbons (Fsp3) is 0.750. The molecule has 1 aromatic heterocycles. The van der Waals surface area contributed by atoms with E-state index in [0.29, 0.717) is 12.6 Å². The first-order valence-electron chi connectivity index (χ1n) is 10.6. The molecule has 2 heterocycles. The summed E-state index contributed by atoms with van der Waals surface area (Å²) in [5, 5.41) is 8.18. The SMILES string of the molecule is CCOC(=O)N1CCC(NC(=NC)NCCCc2nc3c(s2)CCCC3)CC1.I. The minimum atomic E-state index is -0.202. The van der Waals surface area contributed by atoms with Crippen molar-refractivity contribution < 1.29 is 9.53 Å². The van der Waals surface area contributed by atoms with E-state index in [1.54, 1.807) is 11.9 Å². The second-order valence-electron chi connectivity index (χ2n) is 7.39. The zero-order chi connectivity index (χ0) is 19.8. The van der Waals surface area contributed by atoms with Gasteiger partial charge < -0.3 is 20.3 Å². The maximum Gasteiger partial charge on any atom is 0.409 e. The first-order valence-corrected chi connectivity index (χ1v) is 11.4. The summed E-state index contributed by atoms with van der Waals surface area (Å²) in [6.45, 7) is 4.60. The van der Waals surface area contributed by atoms with Gasteiger partial charge in [-0.05, 0) is 51.9 Å². The zero-order valence-electron chi connectivity index (χ0n) is 17.5. The average Bonchev–Trinajstić information content (AvgIpc) is 3.13. The van der Waals surface area contributed by atoms with E-state index >= 15 is 0 Å². The second kappa shape index (κ2) is 12.6. The van der Waals surface area contributed by atoms with Gasteiger partial charge in [0.2, 0.25) is 0 Å². The monoisotopic (exact) mass is 535 g/mol. The van der Waals surface area contributed by atoms with Crippen LogP contribution in [-0.4, -0.2) is 61.3 Å². The van der Waals surface area contributed by atoms with Crippen LogP contribution in [0.5, 0.6) is 0 Å². The largest absolute Gasteiger partial charge is 0.450 e. The Morgan fingerprint density at radius 3 is 2.76 bits per heavy atom. The Labute approximate surface area is 195 Å². The van der Waals surface area contributed by atoms with Gasteiger partial charge in [-0.25, -0.2) is 9.78 Å². The van der Waals surface area contributed by atoms with E-state index in [2.05, 4.69) is 15.6 Å². The number of rotatable bonds is 6. The van der Waals surface area contributed by atoms with E-state index in [1.165, 1.54) is 34.8 Å². The Kier molecular flexibility index (Phi) is 10.5. The van der Waals surface area contributed by atoms with Crippen LogP contribution in [0.4, 0.5) is 4.79 Å². The summed E-state index contributed by atoms with van der Waals surface area (Å²) >= 11 is 1.91. The number of fused-ring (bicyclic) bond motifs is 1. The van der Waals surface area contributed by atoms with Gasteiger partial charge >= 0.3 is 6.09 Å². The van der Waals surface area contributed by atoms with Crippen LogP contribution in [0.15, 0.2) is 4.99 Å². The molecule has 0 unspecified atom stereocenters. The number of halogens is 1. The number of piperidine rings is 1. The Bertz CT molecular complexity index is 650. The van der Waals surface area contributed by atoms with Crippen LogP contribution in [0.2, 0.25) is 0 Å². The predicted molar refractivity (Wildman–Crippen MR) is 129 cm³/mol. The number of aliphatic imine (C=N–C) groups is 1. The highest BCUT2D eigenvalue weighted by molar-refractivity contribution is 14.0. The predicted octanol–water partition coefficient (Wildman–Crippen LogP) is 3.36. The summed E-state index contributed by atoms with van der Waals surface area (Å²) in [5.41, 5.74) is 1.35. The highest BCUT2D eigenvalue weighted by Crippen LogP contribution is 2.27. The summed E-state index contributed by atoms with van der Waals surface area (Å²) in [6, 6.07) is 0.336. The number of amides is 1. The molecule has 1 aliphatic carbocycles. The molecule has 0 radical (unpaired) electrons.